The fourth-order valence-corrected chi connectivity index (χ4v) is 4.73. The van der Waals surface area contributed by atoms with Crippen LogP contribution in [0, 0.1) is 13.8 Å². The highest BCUT2D eigenvalue weighted by atomic mass is 32.2. The molecule has 0 aliphatic heterocycles. The third-order valence-electron chi connectivity index (χ3n) is 4.98. The van der Waals surface area contributed by atoms with Gasteiger partial charge in [-0.2, -0.15) is 17.5 Å². The van der Waals surface area contributed by atoms with Gasteiger partial charge in [0.05, 0.1) is 10.5 Å². The minimum absolute atomic E-state index is 0.0194. The normalized spacial score (nSPS) is 12.2. The van der Waals surface area contributed by atoms with Crippen LogP contribution in [-0.4, -0.2) is 54.9 Å². The number of hydrogen-bond donors (Lipinski definition) is 0. The Morgan fingerprint density at radius 3 is 2.12 bits per heavy atom. The number of sulfonamides is 1. The summed E-state index contributed by atoms with van der Waals surface area (Å²) >= 11 is 0. The first-order valence-electron chi connectivity index (χ1n) is 9.85. The first-order valence-corrected chi connectivity index (χ1v) is 11.3. The molecule has 0 unspecified atom stereocenters. The van der Waals surface area contributed by atoms with Crippen molar-refractivity contribution in [2.45, 2.75) is 45.3 Å². The van der Waals surface area contributed by atoms with Crippen molar-refractivity contribution in [2.75, 3.05) is 19.7 Å². The third-order valence-corrected chi connectivity index (χ3v) is 7.04. The molecule has 11 heteroatoms. The molecule has 2 aromatic rings. The number of halogens is 3. The first kappa shape index (κ1) is 25.6. The van der Waals surface area contributed by atoms with Crippen LogP contribution >= 0.6 is 0 Å². The summed E-state index contributed by atoms with van der Waals surface area (Å²) in [4.78, 5) is 24.7. The van der Waals surface area contributed by atoms with Crippen LogP contribution in [-0.2, 0) is 21.3 Å². The van der Waals surface area contributed by atoms with Crippen LogP contribution in [0.1, 0.15) is 46.0 Å². The van der Waals surface area contributed by atoms with E-state index in [2.05, 4.69) is 0 Å². The Hall–Kier alpha value is -2.66. The molecule has 0 amide bonds. The molecule has 32 heavy (non-hydrogen) atoms. The fraction of sp³-hybridized carbons (Fsp3) is 0.429. The Balaban J connectivity index is 2.09. The molecule has 176 valence electrons. The lowest BCUT2D eigenvalue weighted by atomic mass is 10.1. The van der Waals surface area contributed by atoms with Gasteiger partial charge in [-0.15, -0.1) is 0 Å². The molecule has 0 N–H and O–H groups in total. The van der Waals surface area contributed by atoms with Crippen molar-refractivity contribution in [3.8, 4) is 0 Å². The number of carbonyl (C=O) groups excluding carboxylic acids is 2. The Kier molecular flexibility index (Phi) is 7.89. The van der Waals surface area contributed by atoms with Crippen LogP contribution in [0.3, 0.4) is 0 Å². The number of aromatic nitrogens is 1. The minimum atomic E-state index is -4.44. The van der Waals surface area contributed by atoms with Gasteiger partial charge in [-0.3, -0.25) is 4.79 Å². The number of benzene rings is 1. The molecule has 1 aromatic heterocycles. The quantitative estimate of drug-likeness (QED) is 0.408. The maximum Gasteiger partial charge on any atom is 0.406 e. The van der Waals surface area contributed by atoms with E-state index in [1.54, 1.807) is 13.8 Å². The Morgan fingerprint density at radius 2 is 1.62 bits per heavy atom. The molecular weight excluding hydrogens is 449 g/mol. The Bertz CT molecular complexity index is 1090. The molecule has 7 nitrogen and oxygen atoms in total. The lowest BCUT2D eigenvalue weighted by molar-refractivity contribution is -0.141. The second-order valence-electron chi connectivity index (χ2n) is 7.10. The van der Waals surface area contributed by atoms with Gasteiger partial charge in [0.25, 0.3) is 0 Å². The van der Waals surface area contributed by atoms with Crippen LogP contribution < -0.4 is 0 Å². The van der Waals surface area contributed by atoms with Crippen molar-refractivity contribution in [2.24, 2.45) is 0 Å². The van der Waals surface area contributed by atoms with E-state index < -0.39 is 41.1 Å². The molecule has 1 aromatic carbocycles. The molecule has 0 fully saturated rings. The minimum Gasteiger partial charge on any atom is -0.454 e. The SMILES string of the molecule is CCN(CC)S(=O)(=O)c1ccc(C(=O)OCC(=O)c2cc(C)n(CC(F)(F)F)c2C)cc1. The summed E-state index contributed by atoms with van der Waals surface area (Å²) in [6, 6.07) is 6.43. The van der Waals surface area contributed by atoms with E-state index in [1.165, 1.54) is 48.5 Å². The summed E-state index contributed by atoms with van der Waals surface area (Å²) < 4.78 is 70.4. The van der Waals surface area contributed by atoms with Gasteiger partial charge in [-0.1, -0.05) is 13.8 Å². The van der Waals surface area contributed by atoms with Gasteiger partial charge >= 0.3 is 12.1 Å². The number of carbonyl (C=O) groups is 2. The van der Waals surface area contributed by atoms with Gasteiger partial charge in [-0.05, 0) is 44.2 Å². The van der Waals surface area contributed by atoms with E-state index in [4.69, 9.17) is 4.74 Å². The number of nitrogens with zero attached hydrogens (tertiary/aromatic N) is 2. The molecule has 1 heterocycles. The number of Topliss-reactive ketones (excluding diaryl/α,β-unsaturated/α-hetero) is 1. The summed E-state index contributed by atoms with van der Waals surface area (Å²) in [5.41, 5.74) is 0.477. The number of alkyl halides is 3. The molecule has 2 rings (SSSR count). The molecule has 0 spiro atoms. The summed E-state index contributed by atoms with van der Waals surface area (Å²) in [7, 11) is -3.68. The monoisotopic (exact) mass is 474 g/mol. The maximum absolute atomic E-state index is 12.7. The van der Waals surface area contributed by atoms with Crippen LogP contribution in [0.5, 0.6) is 0 Å². The summed E-state index contributed by atoms with van der Waals surface area (Å²) in [5.74, 6) is -1.49. The molecule has 0 bridgehead atoms. The van der Waals surface area contributed by atoms with Crippen molar-refractivity contribution >= 4 is 21.8 Å². The first-order chi connectivity index (χ1) is 14.8. The maximum atomic E-state index is 12.7. The topological polar surface area (TPSA) is 85.7 Å². The van der Waals surface area contributed by atoms with Crippen LogP contribution in [0.4, 0.5) is 13.2 Å². The van der Waals surface area contributed by atoms with E-state index in [-0.39, 0.29) is 27.4 Å². The van der Waals surface area contributed by atoms with Crippen LogP contribution in [0.15, 0.2) is 35.2 Å². The fourth-order valence-electron chi connectivity index (χ4n) is 3.27. The molecule has 0 saturated heterocycles. The average Bonchev–Trinajstić information content (AvgIpc) is 2.99. The van der Waals surface area contributed by atoms with Gasteiger partial charge < -0.3 is 9.30 Å². The number of hydrogen-bond acceptors (Lipinski definition) is 5. The van der Waals surface area contributed by atoms with Crippen LogP contribution in [0.2, 0.25) is 0 Å². The summed E-state index contributed by atoms with van der Waals surface area (Å²) in [5, 5.41) is 0. The molecule has 0 aliphatic carbocycles. The third kappa shape index (κ3) is 5.77. The number of ether oxygens (including phenoxy) is 1. The average molecular weight is 475 g/mol. The largest absolute Gasteiger partial charge is 0.454 e. The predicted molar refractivity (Wildman–Crippen MR) is 111 cm³/mol. The number of aryl methyl sites for hydroxylation is 1. The van der Waals surface area contributed by atoms with Crippen molar-refractivity contribution in [1.29, 1.82) is 0 Å². The number of esters is 1. The zero-order valence-electron chi connectivity index (χ0n) is 18.2. The lowest BCUT2D eigenvalue weighted by Gasteiger charge is -2.18. The highest BCUT2D eigenvalue weighted by Gasteiger charge is 2.30. The molecule has 0 atom stereocenters. The van der Waals surface area contributed by atoms with E-state index in [0.717, 1.165) is 4.57 Å². The second-order valence-corrected chi connectivity index (χ2v) is 9.04. The zero-order valence-corrected chi connectivity index (χ0v) is 19.0. The summed E-state index contributed by atoms with van der Waals surface area (Å²) in [6.45, 7) is 4.99. The molecular formula is C21H25F3N2O5S. The molecule has 0 saturated carbocycles. The summed E-state index contributed by atoms with van der Waals surface area (Å²) in [6.07, 6.45) is -4.44. The second kappa shape index (κ2) is 9.86. The van der Waals surface area contributed by atoms with Crippen LogP contribution in [0.25, 0.3) is 0 Å². The number of rotatable bonds is 9. The predicted octanol–water partition coefficient (Wildman–Crippen LogP) is 3.74. The van der Waals surface area contributed by atoms with Gasteiger partial charge in [-0.25, -0.2) is 13.2 Å². The highest BCUT2D eigenvalue weighted by molar-refractivity contribution is 7.89. The zero-order chi connectivity index (χ0) is 24.3. The van der Waals surface area contributed by atoms with Crippen molar-refractivity contribution in [3.05, 3.63) is 52.8 Å². The smallest absolute Gasteiger partial charge is 0.406 e. The van der Waals surface area contributed by atoms with Crippen molar-refractivity contribution in [1.82, 2.24) is 8.87 Å². The standard InChI is InChI=1S/C21H25F3N2O5S/c1-5-25(6-2)32(29,30)17-9-7-16(8-10-17)20(28)31-12-19(27)18-11-14(3)26(15(18)4)13-21(22,23)24/h7-11H,5-6,12-13H2,1-4H3. The highest BCUT2D eigenvalue weighted by Crippen LogP contribution is 2.23. The Labute approximate surface area is 184 Å². The van der Waals surface area contributed by atoms with Gasteiger partial charge in [0, 0.05) is 30.0 Å². The van der Waals surface area contributed by atoms with Crippen molar-refractivity contribution in [3.63, 3.8) is 0 Å². The number of ketones is 1. The van der Waals surface area contributed by atoms with E-state index in [0.29, 0.717) is 13.1 Å². The van der Waals surface area contributed by atoms with Gasteiger partial charge in [0.2, 0.25) is 15.8 Å². The van der Waals surface area contributed by atoms with Gasteiger partial charge in [0.15, 0.2) is 6.61 Å². The van der Waals surface area contributed by atoms with E-state index >= 15 is 0 Å². The molecule has 0 aliphatic rings. The van der Waals surface area contributed by atoms with Gasteiger partial charge in [0.1, 0.15) is 6.54 Å². The van der Waals surface area contributed by atoms with E-state index in [1.807, 2.05) is 0 Å². The van der Waals surface area contributed by atoms with E-state index in [9.17, 15) is 31.2 Å². The lowest BCUT2D eigenvalue weighted by Crippen LogP contribution is -2.30. The molecule has 0 radical (unpaired) electrons. The Morgan fingerprint density at radius 1 is 1.06 bits per heavy atom. The van der Waals surface area contributed by atoms with Crippen molar-refractivity contribution < 1.29 is 35.9 Å².